The molecule has 1 fully saturated rings. The highest BCUT2D eigenvalue weighted by molar-refractivity contribution is 5.88. The van der Waals surface area contributed by atoms with Crippen LogP contribution in [0.25, 0.3) is 0 Å². The Morgan fingerprint density at radius 1 is 1.43 bits per heavy atom. The molecule has 1 amide bonds. The summed E-state index contributed by atoms with van der Waals surface area (Å²) in [5.74, 6) is -0.0505. The van der Waals surface area contributed by atoms with Gasteiger partial charge in [0.05, 0.1) is 0 Å². The number of nitrogens with one attached hydrogen (secondary N) is 1. The van der Waals surface area contributed by atoms with Gasteiger partial charge in [0.2, 0.25) is 5.91 Å². The number of nitrogens with two attached hydrogens (primary N) is 1. The molecule has 0 saturated heterocycles. The van der Waals surface area contributed by atoms with Gasteiger partial charge in [0.25, 0.3) is 0 Å². The van der Waals surface area contributed by atoms with E-state index in [1.807, 2.05) is 19.1 Å². The van der Waals surface area contributed by atoms with E-state index in [-0.39, 0.29) is 18.0 Å². The minimum absolute atomic E-state index is 0.0505. The van der Waals surface area contributed by atoms with Gasteiger partial charge in [-0.3, -0.25) is 4.79 Å². The molecule has 0 aliphatic heterocycles. The predicted octanol–water partition coefficient (Wildman–Crippen LogP) is 1.11. The number of allylic oxidation sites excluding steroid dienone is 3. The Morgan fingerprint density at radius 3 is 2.79 bits per heavy atom. The number of hydrogen-bond acceptors (Lipinski definition) is 2. The van der Waals surface area contributed by atoms with Gasteiger partial charge in [-0.15, -0.1) is 0 Å². The maximum Gasteiger partial charge on any atom is 0.244 e. The summed E-state index contributed by atoms with van der Waals surface area (Å²) >= 11 is 0. The minimum Gasteiger partial charge on any atom is -0.348 e. The Labute approximate surface area is 85.1 Å². The minimum atomic E-state index is -0.0505. The smallest absolute Gasteiger partial charge is 0.244 e. The van der Waals surface area contributed by atoms with Crippen LogP contribution in [0, 0.1) is 0 Å². The van der Waals surface area contributed by atoms with Gasteiger partial charge >= 0.3 is 0 Å². The Balaban J connectivity index is 2.33. The lowest BCUT2D eigenvalue weighted by molar-refractivity contribution is -0.117. The summed E-state index contributed by atoms with van der Waals surface area (Å²) in [6.07, 6.45) is 10.1. The van der Waals surface area contributed by atoms with Crippen LogP contribution in [0.15, 0.2) is 24.3 Å². The molecular formula is C11H18N2O. The summed E-state index contributed by atoms with van der Waals surface area (Å²) in [7, 11) is 0. The second-order valence-corrected chi connectivity index (χ2v) is 3.59. The van der Waals surface area contributed by atoms with E-state index in [2.05, 4.69) is 5.32 Å². The van der Waals surface area contributed by atoms with Gasteiger partial charge in [0.1, 0.15) is 0 Å². The van der Waals surface area contributed by atoms with Gasteiger partial charge in [-0.05, 0) is 26.2 Å². The zero-order chi connectivity index (χ0) is 10.4. The van der Waals surface area contributed by atoms with Crippen LogP contribution in [-0.4, -0.2) is 18.0 Å². The molecule has 3 N–H and O–H groups in total. The van der Waals surface area contributed by atoms with Crippen LogP contribution in [-0.2, 0) is 4.79 Å². The van der Waals surface area contributed by atoms with Crippen molar-refractivity contribution in [2.45, 2.75) is 38.3 Å². The number of rotatable bonds is 3. The molecule has 1 aliphatic rings. The van der Waals surface area contributed by atoms with Crippen molar-refractivity contribution >= 4 is 5.91 Å². The SMILES string of the molecule is CC=CC=CC(=O)NC1CCCC1N. The second kappa shape index (κ2) is 5.60. The largest absolute Gasteiger partial charge is 0.348 e. The van der Waals surface area contributed by atoms with Gasteiger partial charge in [0, 0.05) is 18.2 Å². The van der Waals surface area contributed by atoms with Crippen molar-refractivity contribution in [3.05, 3.63) is 24.3 Å². The molecule has 0 heterocycles. The Morgan fingerprint density at radius 2 is 2.21 bits per heavy atom. The molecule has 78 valence electrons. The van der Waals surface area contributed by atoms with Crippen molar-refractivity contribution in [2.75, 3.05) is 0 Å². The standard InChI is InChI=1S/C11H18N2O/c1-2-3-4-8-11(14)13-10-7-5-6-9(10)12/h2-4,8-10H,5-7,12H2,1H3,(H,13,14). The van der Waals surface area contributed by atoms with Gasteiger partial charge in [-0.2, -0.15) is 0 Å². The van der Waals surface area contributed by atoms with Gasteiger partial charge < -0.3 is 11.1 Å². The van der Waals surface area contributed by atoms with E-state index in [0.717, 1.165) is 19.3 Å². The molecular weight excluding hydrogens is 176 g/mol. The number of hydrogen-bond donors (Lipinski definition) is 2. The van der Waals surface area contributed by atoms with Crippen molar-refractivity contribution in [1.29, 1.82) is 0 Å². The molecule has 1 rings (SSSR count). The van der Waals surface area contributed by atoms with Gasteiger partial charge in [-0.1, -0.05) is 18.2 Å². The summed E-state index contributed by atoms with van der Waals surface area (Å²) < 4.78 is 0. The van der Waals surface area contributed by atoms with Crippen LogP contribution < -0.4 is 11.1 Å². The summed E-state index contributed by atoms with van der Waals surface area (Å²) in [5, 5.41) is 2.90. The van der Waals surface area contributed by atoms with Crippen LogP contribution in [0.2, 0.25) is 0 Å². The first-order chi connectivity index (χ1) is 6.74. The fraction of sp³-hybridized carbons (Fsp3) is 0.545. The number of carbonyl (C=O) groups is 1. The Bertz CT molecular complexity index is 246. The van der Waals surface area contributed by atoms with Crippen LogP contribution in [0.3, 0.4) is 0 Å². The van der Waals surface area contributed by atoms with E-state index in [1.165, 1.54) is 6.08 Å². The lowest BCUT2D eigenvalue weighted by atomic mass is 10.2. The molecule has 2 unspecified atom stereocenters. The number of amides is 1. The first-order valence-electron chi connectivity index (χ1n) is 5.09. The quantitative estimate of drug-likeness (QED) is 0.522. The van der Waals surface area contributed by atoms with E-state index in [0.29, 0.717) is 0 Å². The third-order valence-electron chi connectivity index (χ3n) is 2.45. The topological polar surface area (TPSA) is 55.1 Å². The maximum atomic E-state index is 11.3. The summed E-state index contributed by atoms with van der Waals surface area (Å²) in [4.78, 5) is 11.3. The van der Waals surface area contributed by atoms with Crippen molar-refractivity contribution in [1.82, 2.24) is 5.32 Å². The highest BCUT2D eigenvalue weighted by Gasteiger charge is 2.24. The zero-order valence-electron chi connectivity index (χ0n) is 8.57. The van der Waals surface area contributed by atoms with E-state index < -0.39 is 0 Å². The molecule has 1 aliphatic carbocycles. The fourth-order valence-electron chi connectivity index (χ4n) is 1.65. The molecule has 14 heavy (non-hydrogen) atoms. The molecule has 0 aromatic carbocycles. The summed E-state index contributed by atoms with van der Waals surface area (Å²) in [6.45, 7) is 1.91. The number of carbonyl (C=O) groups excluding carboxylic acids is 1. The third kappa shape index (κ3) is 3.34. The molecule has 0 radical (unpaired) electrons. The Kier molecular flexibility index (Phi) is 4.40. The van der Waals surface area contributed by atoms with Crippen molar-refractivity contribution in [2.24, 2.45) is 5.73 Å². The van der Waals surface area contributed by atoms with Crippen LogP contribution in [0.1, 0.15) is 26.2 Å². The van der Waals surface area contributed by atoms with E-state index in [1.54, 1.807) is 6.08 Å². The van der Waals surface area contributed by atoms with E-state index in [4.69, 9.17) is 5.73 Å². The molecule has 0 spiro atoms. The van der Waals surface area contributed by atoms with Gasteiger partial charge in [0.15, 0.2) is 0 Å². The molecule has 2 atom stereocenters. The van der Waals surface area contributed by atoms with Crippen molar-refractivity contribution < 1.29 is 4.79 Å². The zero-order valence-corrected chi connectivity index (χ0v) is 8.57. The molecule has 0 aromatic rings. The monoisotopic (exact) mass is 194 g/mol. The molecule has 3 nitrogen and oxygen atoms in total. The average molecular weight is 194 g/mol. The molecule has 0 bridgehead atoms. The van der Waals surface area contributed by atoms with Crippen LogP contribution >= 0.6 is 0 Å². The maximum absolute atomic E-state index is 11.3. The lowest BCUT2D eigenvalue weighted by Crippen LogP contribution is -2.43. The Hall–Kier alpha value is -1.09. The van der Waals surface area contributed by atoms with Gasteiger partial charge in [-0.25, -0.2) is 0 Å². The molecule has 0 aromatic heterocycles. The summed E-state index contributed by atoms with van der Waals surface area (Å²) in [6, 6.07) is 0.298. The van der Waals surface area contributed by atoms with Crippen molar-refractivity contribution in [3.63, 3.8) is 0 Å². The van der Waals surface area contributed by atoms with Crippen molar-refractivity contribution in [3.8, 4) is 0 Å². The highest BCUT2D eigenvalue weighted by Crippen LogP contribution is 2.16. The summed E-state index contributed by atoms with van der Waals surface area (Å²) in [5.41, 5.74) is 5.83. The highest BCUT2D eigenvalue weighted by atomic mass is 16.1. The third-order valence-corrected chi connectivity index (χ3v) is 2.45. The predicted molar refractivity (Wildman–Crippen MR) is 57.7 cm³/mol. The average Bonchev–Trinajstić information content (AvgIpc) is 2.52. The van der Waals surface area contributed by atoms with Crippen LogP contribution in [0.4, 0.5) is 0 Å². The first kappa shape index (κ1) is 11.0. The molecule has 3 heteroatoms. The molecule has 1 saturated carbocycles. The van der Waals surface area contributed by atoms with E-state index >= 15 is 0 Å². The fourth-order valence-corrected chi connectivity index (χ4v) is 1.65. The lowest BCUT2D eigenvalue weighted by Gasteiger charge is -2.15. The van der Waals surface area contributed by atoms with E-state index in [9.17, 15) is 4.79 Å². The first-order valence-corrected chi connectivity index (χ1v) is 5.09. The normalized spacial score (nSPS) is 27.6. The van der Waals surface area contributed by atoms with Crippen LogP contribution in [0.5, 0.6) is 0 Å². The second-order valence-electron chi connectivity index (χ2n) is 3.59.